The van der Waals surface area contributed by atoms with Gasteiger partial charge in [-0.1, -0.05) is 11.6 Å². The third-order valence-electron chi connectivity index (χ3n) is 3.02. The molecule has 0 radical (unpaired) electrons. The zero-order valence-corrected chi connectivity index (χ0v) is 10.9. The van der Waals surface area contributed by atoms with Gasteiger partial charge in [-0.15, -0.1) is 0 Å². The number of likely N-dealkylation sites (tertiary alicyclic amines) is 1. The van der Waals surface area contributed by atoms with Crippen LogP contribution in [0.5, 0.6) is 0 Å². The van der Waals surface area contributed by atoms with Crippen molar-refractivity contribution >= 4 is 23.2 Å². The van der Waals surface area contributed by atoms with Crippen molar-refractivity contribution in [3.05, 3.63) is 33.1 Å². The number of pyridine rings is 1. The summed E-state index contributed by atoms with van der Waals surface area (Å²) in [6.07, 6.45) is 1.40. The molecule has 7 nitrogen and oxygen atoms in total. The summed E-state index contributed by atoms with van der Waals surface area (Å²) in [5.41, 5.74) is -1.45. The van der Waals surface area contributed by atoms with Crippen LogP contribution in [0.2, 0.25) is 5.15 Å². The Hall–Kier alpha value is -1.73. The summed E-state index contributed by atoms with van der Waals surface area (Å²) >= 11 is 5.67. The first-order valence-electron chi connectivity index (χ1n) is 5.62. The van der Waals surface area contributed by atoms with Crippen LogP contribution in [0.15, 0.2) is 12.3 Å². The summed E-state index contributed by atoms with van der Waals surface area (Å²) in [5.74, 6) is -0.520. The molecule has 1 fully saturated rings. The van der Waals surface area contributed by atoms with Crippen LogP contribution in [0.1, 0.15) is 23.7 Å². The highest BCUT2D eigenvalue weighted by Gasteiger charge is 2.36. The minimum atomic E-state index is -0.957. The molecule has 8 heteroatoms. The van der Waals surface area contributed by atoms with Crippen molar-refractivity contribution in [1.29, 1.82) is 0 Å². The van der Waals surface area contributed by atoms with Gasteiger partial charge in [0.25, 0.3) is 11.6 Å². The molecular weight excluding hydrogens is 274 g/mol. The van der Waals surface area contributed by atoms with Gasteiger partial charge >= 0.3 is 0 Å². The zero-order valence-electron chi connectivity index (χ0n) is 10.2. The summed E-state index contributed by atoms with van der Waals surface area (Å²) in [6.45, 7) is 2.11. The van der Waals surface area contributed by atoms with Crippen molar-refractivity contribution in [2.24, 2.45) is 0 Å². The number of aromatic nitrogens is 1. The summed E-state index contributed by atoms with van der Waals surface area (Å²) in [7, 11) is 0. The monoisotopic (exact) mass is 285 g/mol. The van der Waals surface area contributed by atoms with Crippen LogP contribution in [0.4, 0.5) is 5.69 Å². The maximum absolute atomic E-state index is 12.2. The van der Waals surface area contributed by atoms with Crippen LogP contribution in [0.3, 0.4) is 0 Å². The molecule has 0 aliphatic carbocycles. The maximum Gasteiger partial charge on any atom is 0.300 e. The largest absolute Gasteiger partial charge is 0.388 e. The number of halogens is 1. The molecule has 1 aromatic heterocycles. The van der Waals surface area contributed by atoms with Crippen molar-refractivity contribution in [2.75, 3.05) is 13.1 Å². The highest BCUT2D eigenvalue weighted by molar-refractivity contribution is 6.29. The lowest BCUT2D eigenvalue weighted by atomic mass is 10.1. The standard InChI is InChI=1S/C11H12ClN3O4/c1-11(17)2-3-14(6-11)10(16)7-4-9(12)13-5-8(7)15(18)19/h4-5,17H,2-3,6H2,1H3. The maximum atomic E-state index is 12.2. The van der Waals surface area contributed by atoms with Gasteiger partial charge in [-0.05, 0) is 19.4 Å². The van der Waals surface area contributed by atoms with Crippen LogP contribution >= 0.6 is 11.6 Å². The van der Waals surface area contributed by atoms with E-state index in [4.69, 9.17) is 11.6 Å². The summed E-state index contributed by atoms with van der Waals surface area (Å²) in [4.78, 5) is 27.4. The number of hydrogen-bond donors (Lipinski definition) is 1. The lowest BCUT2D eigenvalue weighted by molar-refractivity contribution is -0.385. The molecule has 2 rings (SSSR count). The molecule has 19 heavy (non-hydrogen) atoms. The van der Waals surface area contributed by atoms with Crippen LogP contribution < -0.4 is 0 Å². The average Bonchev–Trinajstić information content (AvgIpc) is 2.68. The number of nitro groups is 1. The van der Waals surface area contributed by atoms with Crippen molar-refractivity contribution in [3.8, 4) is 0 Å². The Labute approximate surface area is 114 Å². The van der Waals surface area contributed by atoms with Gasteiger partial charge in [-0.2, -0.15) is 0 Å². The second kappa shape index (κ2) is 4.75. The molecule has 1 aromatic rings. The number of amides is 1. The molecule has 2 heterocycles. The van der Waals surface area contributed by atoms with Gasteiger partial charge in [-0.3, -0.25) is 14.9 Å². The third-order valence-corrected chi connectivity index (χ3v) is 3.22. The predicted molar refractivity (Wildman–Crippen MR) is 67.0 cm³/mol. The highest BCUT2D eigenvalue weighted by atomic mass is 35.5. The molecule has 1 N–H and O–H groups in total. The summed E-state index contributed by atoms with van der Waals surface area (Å²) < 4.78 is 0. The third kappa shape index (κ3) is 2.82. The van der Waals surface area contributed by atoms with E-state index in [-0.39, 0.29) is 22.9 Å². The fraction of sp³-hybridized carbons (Fsp3) is 0.455. The molecule has 0 saturated carbocycles. The molecule has 1 saturated heterocycles. The van der Waals surface area contributed by atoms with Crippen molar-refractivity contribution in [3.63, 3.8) is 0 Å². The van der Waals surface area contributed by atoms with Gasteiger partial charge in [0.05, 0.1) is 10.5 Å². The first-order valence-corrected chi connectivity index (χ1v) is 5.99. The minimum Gasteiger partial charge on any atom is -0.388 e. The highest BCUT2D eigenvalue weighted by Crippen LogP contribution is 2.26. The van der Waals surface area contributed by atoms with Crippen molar-refractivity contribution < 1.29 is 14.8 Å². The van der Waals surface area contributed by atoms with Crippen LogP contribution in [0.25, 0.3) is 0 Å². The van der Waals surface area contributed by atoms with E-state index in [0.717, 1.165) is 6.20 Å². The van der Waals surface area contributed by atoms with Crippen LogP contribution in [-0.4, -0.2) is 44.5 Å². The van der Waals surface area contributed by atoms with Crippen LogP contribution in [-0.2, 0) is 0 Å². The molecule has 1 unspecified atom stereocenters. The number of β-amino-alcohol motifs (C(OH)–C–C–N with tert-alkyl or cyclic N) is 1. The summed E-state index contributed by atoms with van der Waals surface area (Å²) in [5, 5.41) is 20.7. The number of hydrogen-bond acceptors (Lipinski definition) is 5. The van der Waals surface area contributed by atoms with Gasteiger partial charge in [0.1, 0.15) is 16.9 Å². The quantitative estimate of drug-likeness (QED) is 0.501. The molecule has 1 aliphatic heterocycles. The number of carbonyl (C=O) groups is 1. The first-order chi connectivity index (χ1) is 8.80. The molecule has 1 atom stereocenters. The molecule has 0 bridgehead atoms. The molecular formula is C11H12ClN3O4. The second-order valence-corrected chi connectivity index (χ2v) is 5.14. The minimum absolute atomic E-state index is 0.0138. The first kappa shape index (κ1) is 13.7. The molecule has 0 aromatic carbocycles. The predicted octanol–water partition coefficient (Wildman–Crippen LogP) is 1.24. The van der Waals surface area contributed by atoms with E-state index in [9.17, 15) is 20.0 Å². The second-order valence-electron chi connectivity index (χ2n) is 4.75. The van der Waals surface area contributed by atoms with E-state index in [2.05, 4.69) is 4.98 Å². The Balaban J connectivity index is 2.34. The van der Waals surface area contributed by atoms with Crippen molar-refractivity contribution in [2.45, 2.75) is 18.9 Å². The van der Waals surface area contributed by atoms with E-state index >= 15 is 0 Å². The number of nitrogens with zero attached hydrogens (tertiary/aromatic N) is 3. The zero-order chi connectivity index (χ0) is 14.2. The lowest BCUT2D eigenvalue weighted by Crippen LogP contribution is -2.34. The molecule has 102 valence electrons. The number of carbonyl (C=O) groups excluding carboxylic acids is 1. The van der Waals surface area contributed by atoms with E-state index in [0.29, 0.717) is 13.0 Å². The number of rotatable bonds is 2. The van der Waals surface area contributed by atoms with Gasteiger partial charge < -0.3 is 10.0 Å². The SMILES string of the molecule is CC1(O)CCN(C(=O)c2cc(Cl)ncc2[N+](=O)[O-])C1. The normalized spacial score (nSPS) is 22.6. The Bertz CT molecular complexity index is 547. The Kier molecular flexibility index (Phi) is 3.42. The average molecular weight is 286 g/mol. The van der Waals surface area contributed by atoms with Gasteiger partial charge in [0.2, 0.25) is 0 Å². The van der Waals surface area contributed by atoms with E-state index in [1.165, 1.54) is 11.0 Å². The Morgan fingerprint density at radius 1 is 1.68 bits per heavy atom. The number of aliphatic hydroxyl groups is 1. The summed E-state index contributed by atoms with van der Waals surface area (Å²) in [6, 6.07) is 1.18. The molecule has 1 amide bonds. The Morgan fingerprint density at radius 2 is 2.37 bits per heavy atom. The Morgan fingerprint density at radius 3 is 2.89 bits per heavy atom. The molecule has 1 aliphatic rings. The lowest BCUT2D eigenvalue weighted by Gasteiger charge is -2.18. The molecule has 0 spiro atoms. The smallest absolute Gasteiger partial charge is 0.300 e. The van der Waals surface area contributed by atoms with Gasteiger partial charge in [0.15, 0.2) is 0 Å². The fourth-order valence-electron chi connectivity index (χ4n) is 2.03. The van der Waals surface area contributed by atoms with Gasteiger partial charge in [0, 0.05) is 13.1 Å². The van der Waals surface area contributed by atoms with Gasteiger partial charge in [-0.25, -0.2) is 4.98 Å². The fourth-order valence-corrected chi connectivity index (χ4v) is 2.19. The van der Waals surface area contributed by atoms with Crippen LogP contribution in [0, 0.1) is 10.1 Å². The van der Waals surface area contributed by atoms with E-state index in [1.54, 1.807) is 6.92 Å². The topological polar surface area (TPSA) is 96.6 Å². The van der Waals surface area contributed by atoms with E-state index < -0.39 is 16.4 Å². The van der Waals surface area contributed by atoms with E-state index in [1.807, 2.05) is 0 Å². The van der Waals surface area contributed by atoms with Crippen molar-refractivity contribution in [1.82, 2.24) is 9.88 Å².